The van der Waals surface area contributed by atoms with Crippen molar-refractivity contribution in [3.05, 3.63) is 71.2 Å². The van der Waals surface area contributed by atoms with Crippen LogP contribution < -0.4 is 4.74 Å². The first-order valence-corrected chi connectivity index (χ1v) is 10.1. The van der Waals surface area contributed by atoms with Crippen LogP contribution in [0.4, 0.5) is 0 Å². The number of ether oxygens (including phenoxy) is 1. The van der Waals surface area contributed by atoms with E-state index in [0.29, 0.717) is 0 Å². The molecule has 3 nitrogen and oxygen atoms in total. The second-order valence-electron chi connectivity index (χ2n) is 5.39. The second-order valence-corrected chi connectivity index (χ2v) is 5.39. The third-order valence-electron chi connectivity index (χ3n) is 4.08. The van der Waals surface area contributed by atoms with Crippen molar-refractivity contribution in [1.82, 2.24) is 9.38 Å². The molecule has 0 spiro atoms. The summed E-state index contributed by atoms with van der Waals surface area (Å²) in [4.78, 5) is 4.66. The normalized spacial score (nSPS) is 11.3. The number of aromatic nitrogens is 2. The molecule has 1 aliphatic rings. The summed E-state index contributed by atoms with van der Waals surface area (Å²) in [5.74, 6) is 1.80. The minimum absolute atomic E-state index is 0.876. The highest BCUT2D eigenvalue weighted by Crippen LogP contribution is 2.34. The molecular weight excluding hydrogens is 332 g/mol. The smallest absolute Gasteiger partial charge is 0.181 e. The van der Waals surface area contributed by atoms with E-state index < -0.39 is 0 Å². The number of rotatable bonds is 1. The molecule has 3 heterocycles. The van der Waals surface area contributed by atoms with Crippen LogP contribution in [0.5, 0.6) is 5.75 Å². The highest BCUT2D eigenvalue weighted by atomic mass is 16.5. The maximum atomic E-state index is 6.18. The lowest BCUT2D eigenvalue weighted by atomic mass is 10.1. The fourth-order valence-electron chi connectivity index (χ4n) is 2.76. The molecule has 0 atom stereocenters. The molecule has 2 aromatic heterocycles. The largest absolute Gasteiger partial charge is 0.453 e. The van der Waals surface area contributed by atoms with Crippen molar-refractivity contribution in [1.29, 1.82) is 0 Å². The average Bonchev–Trinajstić information content (AvgIpc) is 3.07. The maximum Gasteiger partial charge on any atom is 0.181 e. The standard InChI is InChI=1S/C18H16N2O.3C2H6/c1-12-13(2)20-11-10-15-8-9-16(14-6-4-3-5-7-14)21-17(15)18(20)19-12;3*1-2/h3-7,9-11H,8H2,1-2H3;3*1-2H3. The summed E-state index contributed by atoms with van der Waals surface area (Å²) < 4.78 is 8.28. The molecule has 0 saturated carbocycles. The van der Waals surface area contributed by atoms with Gasteiger partial charge < -0.3 is 9.14 Å². The summed E-state index contributed by atoms with van der Waals surface area (Å²) in [7, 11) is 0. The van der Waals surface area contributed by atoms with Gasteiger partial charge in [0.2, 0.25) is 0 Å². The molecule has 4 rings (SSSR count). The lowest BCUT2D eigenvalue weighted by molar-refractivity contribution is 0.500. The van der Waals surface area contributed by atoms with E-state index >= 15 is 0 Å². The van der Waals surface area contributed by atoms with Gasteiger partial charge in [-0.25, -0.2) is 4.98 Å². The van der Waals surface area contributed by atoms with E-state index in [1.54, 1.807) is 0 Å². The summed E-state index contributed by atoms with van der Waals surface area (Å²) in [6.45, 7) is 16.1. The number of aryl methyl sites for hydroxylation is 2. The van der Waals surface area contributed by atoms with Crippen molar-refractivity contribution in [2.75, 3.05) is 0 Å². The predicted molar refractivity (Wildman–Crippen MR) is 117 cm³/mol. The van der Waals surface area contributed by atoms with E-state index in [1.165, 1.54) is 5.56 Å². The van der Waals surface area contributed by atoms with Crippen LogP contribution in [-0.4, -0.2) is 9.38 Å². The van der Waals surface area contributed by atoms with Gasteiger partial charge in [-0.15, -0.1) is 0 Å². The Morgan fingerprint density at radius 1 is 0.889 bits per heavy atom. The third kappa shape index (κ3) is 4.79. The molecule has 0 amide bonds. The Kier molecular flexibility index (Phi) is 9.35. The van der Waals surface area contributed by atoms with Crippen molar-refractivity contribution < 1.29 is 4.74 Å². The van der Waals surface area contributed by atoms with Crippen LogP contribution in [0.2, 0.25) is 0 Å². The summed E-state index contributed by atoms with van der Waals surface area (Å²) in [6.07, 6.45) is 5.09. The number of pyridine rings is 1. The van der Waals surface area contributed by atoms with E-state index in [-0.39, 0.29) is 0 Å². The SMILES string of the molecule is CC.CC.CC.Cc1nc2c3c(ccn2c1C)CC=C(c1ccccc1)O3. The molecule has 3 heteroatoms. The Bertz CT molecular complexity index is 861. The van der Waals surface area contributed by atoms with E-state index in [9.17, 15) is 0 Å². The van der Waals surface area contributed by atoms with E-state index in [1.807, 2.05) is 66.7 Å². The minimum Gasteiger partial charge on any atom is -0.453 e. The van der Waals surface area contributed by atoms with Gasteiger partial charge in [0.1, 0.15) is 5.76 Å². The Balaban J connectivity index is 0.000000556. The predicted octanol–water partition coefficient (Wildman–Crippen LogP) is 7.01. The number of nitrogens with zero attached hydrogens (tertiary/aromatic N) is 2. The van der Waals surface area contributed by atoms with Crippen LogP contribution in [0, 0.1) is 13.8 Å². The molecule has 27 heavy (non-hydrogen) atoms. The maximum absolute atomic E-state index is 6.18. The molecule has 0 radical (unpaired) electrons. The monoisotopic (exact) mass is 366 g/mol. The molecule has 0 unspecified atom stereocenters. The lowest BCUT2D eigenvalue weighted by Gasteiger charge is -2.19. The molecule has 0 bridgehead atoms. The first-order valence-electron chi connectivity index (χ1n) is 10.1. The van der Waals surface area contributed by atoms with E-state index in [0.717, 1.165) is 40.5 Å². The highest BCUT2D eigenvalue weighted by molar-refractivity contribution is 5.71. The van der Waals surface area contributed by atoms with Crippen molar-refractivity contribution in [3.8, 4) is 5.75 Å². The molecule has 1 aromatic carbocycles. The topological polar surface area (TPSA) is 26.5 Å². The number of allylic oxidation sites excluding steroid dienone is 1. The van der Waals surface area contributed by atoms with Crippen LogP contribution in [0.3, 0.4) is 0 Å². The summed E-state index contributed by atoms with van der Waals surface area (Å²) in [6, 6.07) is 12.3. The molecule has 1 aliphatic heterocycles. The fourth-order valence-corrected chi connectivity index (χ4v) is 2.76. The van der Waals surface area contributed by atoms with Crippen LogP contribution in [0.15, 0.2) is 48.7 Å². The number of hydrogen-bond donors (Lipinski definition) is 0. The molecule has 146 valence electrons. The van der Waals surface area contributed by atoms with Gasteiger partial charge in [0.15, 0.2) is 11.4 Å². The van der Waals surface area contributed by atoms with E-state index in [4.69, 9.17) is 4.74 Å². The number of hydrogen-bond acceptors (Lipinski definition) is 2. The molecule has 0 fully saturated rings. The van der Waals surface area contributed by atoms with Gasteiger partial charge in [-0.05, 0) is 32.4 Å². The van der Waals surface area contributed by atoms with Crippen molar-refractivity contribution in [2.45, 2.75) is 61.8 Å². The molecule has 3 aromatic rings. The molecule has 0 aliphatic carbocycles. The van der Waals surface area contributed by atoms with Gasteiger partial charge in [-0.2, -0.15) is 0 Å². The van der Waals surface area contributed by atoms with Crippen molar-refractivity contribution in [2.24, 2.45) is 0 Å². The van der Waals surface area contributed by atoms with Crippen LogP contribution in [-0.2, 0) is 6.42 Å². The summed E-state index contributed by atoms with van der Waals surface area (Å²) in [5, 5.41) is 0. The summed E-state index contributed by atoms with van der Waals surface area (Å²) >= 11 is 0. The van der Waals surface area contributed by atoms with Gasteiger partial charge in [-0.1, -0.05) is 71.9 Å². The van der Waals surface area contributed by atoms with Gasteiger partial charge in [-0.3, -0.25) is 0 Å². The highest BCUT2D eigenvalue weighted by Gasteiger charge is 2.19. The first-order chi connectivity index (χ1) is 13.2. The Hall–Kier alpha value is -2.55. The fraction of sp³-hybridized carbons (Fsp3) is 0.375. The molecular formula is C24H34N2O. The second kappa shape index (κ2) is 11.2. The van der Waals surface area contributed by atoms with Gasteiger partial charge in [0, 0.05) is 23.0 Å². The third-order valence-corrected chi connectivity index (χ3v) is 4.08. The van der Waals surface area contributed by atoms with Crippen LogP contribution >= 0.6 is 0 Å². The van der Waals surface area contributed by atoms with Gasteiger partial charge >= 0.3 is 0 Å². The average molecular weight is 367 g/mol. The zero-order chi connectivity index (χ0) is 20.4. The minimum atomic E-state index is 0.876. The Morgan fingerprint density at radius 3 is 2.15 bits per heavy atom. The van der Waals surface area contributed by atoms with E-state index in [2.05, 4.69) is 46.8 Å². The zero-order valence-electron chi connectivity index (χ0n) is 18.1. The van der Waals surface area contributed by atoms with Crippen molar-refractivity contribution >= 4 is 11.4 Å². The van der Waals surface area contributed by atoms with Gasteiger partial charge in [0.25, 0.3) is 0 Å². The van der Waals surface area contributed by atoms with Crippen LogP contribution in [0.1, 0.15) is 64.1 Å². The Labute approximate surface area is 164 Å². The van der Waals surface area contributed by atoms with Crippen LogP contribution in [0.25, 0.3) is 11.4 Å². The number of fused-ring (bicyclic) bond motifs is 3. The van der Waals surface area contributed by atoms with Gasteiger partial charge in [0.05, 0.1) is 5.69 Å². The molecule has 0 saturated heterocycles. The summed E-state index contributed by atoms with van der Waals surface area (Å²) in [5.41, 5.74) is 5.40. The Morgan fingerprint density at radius 2 is 1.52 bits per heavy atom. The van der Waals surface area contributed by atoms with Crippen molar-refractivity contribution in [3.63, 3.8) is 0 Å². The molecule has 0 N–H and O–H groups in total. The lowest BCUT2D eigenvalue weighted by Crippen LogP contribution is -2.06. The number of benzene rings is 1. The zero-order valence-corrected chi connectivity index (χ0v) is 18.1. The number of imidazole rings is 1. The quantitative estimate of drug-likeness (QED) is 0.463. The first kappa shape index (κ1) is 22.5.